The number of ether oxygens (including phenoxy) is 1. The number of hydrogen-bond acceptors (Lipinski definition) is 1. The number of rotatable bonds is 4. The van der Waals surface area contributed by atoms with E-state index in [0.717, 1.165) is 12.2 Å². The van der Waals surface area contributed by atoms with Gasteiger partial charge < -0.3 is 4.74 Å². The van der Waals surface area contributed by atoms with Crippen LogP contribution in [0, 0.1) is 0 Å². The monoisotopic (exact) mass is 724 g/mol. The third-order valence-corrected chi connectivity index (χ3v) is 12.3. The fraction of sp³-hybridized carbons (Fsp3) is 0.0357. The Hall–Kier alpha value is -7.22. The third kappa shape index (κ3) is 4.95. The van der Waals surface area contributed by atoms with E-state index >= 15 is 0 Å². The predicted octanol–water partition coefficient (Wildman–Crippen LogP) is 15.1. The molecule has 0 radical (unpaired) electrons. The van der Waals surface area contributed by atoms with Gasteiger partial charge >= 0.3 is 0 Å². The molecule has 1 heterocycles. The molecule has 1 unspecified atom stereocenters. The molecule has 1 atom stereocenters. The van der Waals surface area contributed by atoms with Crippen LogP contribution in [0.4, 0.5) is 0 Å². The number of fused-ring (bicyclic) bond motifs is 9. The summed E-state index contributed by atoms with van der Waals surface area (Å²) in [5, 5.41) is 12.6. The average Bonchev–Trinajstić information content (AvgIpc) is 3.66. The summed E-state index contributed by atoms with van der Waals surface area (Å²) >= 11 is 0. The first-order valence-electron chi connectivity index (χ1n) is 19.9. The van der Waals surface area contributed by atoms with Gasteiger partial charge in [-0.3, -0.25) is 0 Å². The van der Waals surface area contributed by atoms with Crippen molar-refractivity contribution < 1.29 is 4.74 Å². The molecule has 0 aromatic heterocycles. The minimum absolute atomic E-state index is 0.0838. The van der Waals surface area contributed by atoms with Gasteiger partial charge in [0.25, 0.3) is 0 Å². The molecular formula is C56H36O. The Bertz CT molecular complexity index is 3300. The molecule has 10 aromatic rings. The van der Waals surface area contributed by atoms with Crippen molar-refractivity contribution in [2.45, 2.75) is 12.5 Å². The van der Waals surface area contributed by atoms with Crippen LogP contribution >= 0.6 is 0 Å². The molecule has 0 N–H and O–H groups in total. The van der Waals surface area contributed by atoms with Gasteiger partial charge in [0.1, 0.15) is 11.9 Å². The van der Waals surface area contributed by atoms with E-state index in [4.69, 9.17) is 4.74 Å². The first-order valence-corrected chi connectivity index (χ1v) is 19.9. The zero-order valence-corrected chi connectivity index (χ0v) is 31.2. The van der Waals surface area contributed by atoms with Crippen LogP contribution in [0.5, 0.6) is 5.75 Å². The first-order chi connectivity index (χ1) is 28.3. The number of hydrogen-bond donors (Lipinski definition) is 0. The largest absolute Gasteiger partial charge is 0.485 e. The van der Waals surface area contributed by atoms with E-state index in [0.29, 0.717) is 0 Å². The fourth-order valence-electron chi connectivity index (χ4n) is 9.83. The first kappa shape index (κ1) is 32.1. The molecule has 12 rings (SSSR count). The zero-order valence-electron chi connectivity index (χ0n) is 31.2. The van der Waals surface area contributed by atoms with Crippen molar-refractivity contribution in [3.05, 3.63) is 211 Å². The molecule has 57 heavy (non-hydrogen) atoms. The number of allylic oxidation sites excluding steroid dienone is 2. The van der Waals surface area contributed by atoms with Gasteiger partial charge in [-0.15, -0.1) is 0 Å². The van der Waals surface area contributed by atoms with Crippen molar-refractivity contribution in [1.82, 2.24) is 0 Å². The quantitative estimate of drug-likeness (QED) is 0.130. The van der Waals surface area contributed by atoms with Crippen LogP contribution in [0.25, 0.3) is 98.4 Å². The maximum absolute atomic E-state index is 6.33. The third-order valence-electron chi connectivity index (χ3n) is 12.3. The van der Waals surface area contributed by atoms with Gasteiger partial charge in [-0.05, 0) is 123 Å². The van der Waals surface area contributed by atoms with E-state index in [2.05, 4.69) is 200 Å². The summed E-state index contributed by atoms with van der Waals surface area (Å²) < 4.78 is 6.33. The standard InChI is InChI=1S/C56H36O/c1-2-17-39-36(14-1)33-51(44-21-6-4-18-41(39)44)35-15-13-16-38(32-35)55-46-23-7-9-25-48(46)56(49-26-10-8-24-47(49)55)50-30-29-40(42-19-3-5-20-43(42)50)37-28-31-54-52(34-37)45-22-11-12-27-53(45)57-54/h1-30,32-34,54H,31H2. The maximum Gasteiger partial charge on any atom is 0.128 e. The molecule has 0 saturated heterocycles. The summed E-state index contributed by atoms with van der Waals surface area (Å²) in [6, 6.07) is 69.2. The lowest BCUT2D eigenvalue weighted by Gasteiger charge is -2.21. The molecular weight excluding hydrogens is 689 g/mol. The van der Waals surface area contributed by atoms with Crippen LogP contribution in [0.2, 0.25) is 0 Å². The van der Waals surface area contributed by atoms with E-state index in [-0.39, 0.29) is 6.10 Å². The lowest BCUT2D eigenvalue weighted by atomic mass is 9.82. The topological polar surface area (TPSA) is 9.23 Å². The molecule has 2 aliphatic rings. The molecule has 0 saturated carbocycles. The molecule has 1 aliphatic carbocycles. The highest BCUT2D eigenvalue weighted by Gasteiger charge is 2.30. The maximum atomic E-state index is 6.33. The van der Waals surface area contributed by atoms with Gasteiger partial charge in [0.05, 0.1) is 0 Å². The predicted molar refractivity (Wildman–Crippen MR) is 242 cm³/mol. The highest BCUT2D eigenvalue weighted by atomic mass is 16.5. The lowest BCUT2D eigenvalue weighted by Crippen LogP contribution is -2.13. The van der Waals surface area contributed by atoms with E-state index < -0.39 is 0 Å². The van der Waals surface area contributed by atoms with Crippen molar-refractivity contribution in [3.63, 3.8) is 0 Å². The minimum atomic E-state index is 0.0838. The van der Waals surface area contributed by atoms with Gasteiger partial charge in [-0.2, -0.15) is 0 Å². The molecule has 0 fully saturated rings. The lowest BCUT2D eigenvalue weighted by molar-refractivity contribution is 0.279. The molecule has 0 amide bonds. The summed E-state index contributed by atoms with van der Waals surface area (Å²) in [5.74, 6) is 0.986. The van der Waals surface area contributed by atoms with Gasteiger partial charge in [0.2, 0.25) is 0 Å². The van der Waals surface area contributed by atoms with Gasteiger partial charge in [-0.25, -0.2) is 0 Å². The van der Waals surface area contributed by atoms with E-state index in [1.54, 1.807) is 0 Å². The van der Waals surface area contributed by atoms with E-state index in [1.165, 1.54) is 110 Å². The van der Waals surface area contributed by atoms with E-state index in [9.17, 15) is 0 Å². The summed E-state index contributed by atoms with van der Waals surface area (Å²) in [6.07, 6.45) is 5.66. The molecule has 1 aliphatic heterocycles. The summed E-state index contributed by atoms with van der Waals surface area (Å²) in [4.78, 5) is 0. The van der Waals surface area contributed by atoms with Crippen LogP contribution in [0.15, 0.2) is 200 Å². The van der Waals surface area contributed by atoms with Crippen molar-refractivity contribution in [2.24, 2.45) is 0 Å². The second kappa shape index (κ2) is 12.7. The summed E-state index contributed by atoms with van der Waals surface area (Å²) in [5.41, 5.74) is 12.5. The van der Waals surface area contributed by atoms with Crippen LogP contribution < -0.4 is 4.74 Å². The molecule has 10 aromatic carbocycles. The van der Waals surface area contributed by atoms with Crippen LogP contribution in [-0.4, -0.2) is 6.10 Å². The Morgan fingerprint density at radius 2 is 0.912 bits per heavy atom. The number of para-hydroxylation sites is 1. The Balaban J connectivity index is 1.05. The van der Waals surface area contributed by atoms with Crippen molar-refractivity contribution in [2.75, 3.05) is 0 Å². The smallest absolute Gasteiger partial charge is 0.128 e. The Morgan fingerprint density at radius 3 is 1.65 bits per heavy atom. The Labute approximate surface area is 331 Å². The molecule has 266 valence electrons. The zero-order chi connectivity index (χ0) is 37.5. The average molecular weight is 725 g/mol. The summed E-state index contributed by atoms with van der Waals surface area (Å²) in [6.45, 7) is 0. The normalized spacial score (nSPS) is 14.8. The molecule has 1 heteroatoms. The molecule has 0 bridgehead atoms. The number of benzene rings is 10. The molecule has 1 nitrogen and oxygen atoms in total. The minimum Gasteiger partial charge on any atom is -0.485 e. The van der Waals surface area contributed by atoms with Crippen molar-refractivity contribution in [3.8, 4) is 39.1 Å². The highest BCUT2D eigenvalue weighted by Crippen LogP contribution is 2.48. The second-order valence-corrected chi connectivity index (χ2v) is 15.4. The second-order valence-electron chi connectivity index (χ2n) is 15.4. The van der Waals surface area contributed by atoms with E-state index in [1.807, 2.05) is 0 Å². The van der Waals surface area contributed by atoms with Crippen molar-refractivity contribution in [1.29, 1.82) is 0 Å². The van der Waals surface area contributed by atoms with Crippen LogP contribution in [0.3, 0.4) is 0 Å². The highest BCUT2D eigenvalue weighted by molar-refractivity contribution is 6.24. The van der Waals surface area contributed by atoms with Gasteiger partial charge in [0, 0.05) is 17.6 Å². The van der Waals surface area contributed by atoms with Crippen molar-refractivity contribution >= 4 is 65.0 Å². The van der Waals surface area contributed by atoms with Gasteiger partial charge in [-0.1, -0.05) is 176 Å². The summed E-state index contributed by atoms with van der Waals surface area (Å²) in [7, 11) is 0. The van der Waals surface area contributed by atoms with Crippen LogP contribution in [0.1, 0.15) is 17.5 Å². The van der Waals surface area contributed by atoms with Crippen LogP contribution in [-0.2, 0) is 0 Å². The fourth-order valence-corrected chi connectivity index (χ4v) is 9.83. The molecule has 0 spiro atoms. The Kier molecular flexibility index (Phi) is 7.12. The SMILES string of the molecule is C1=C(c2ccc(-c3c4ccccc4c(-c4cccc(-c5cc6ccccc6c6ccccc56)c4)c4ccccc34)c3ccccc23)C=C2c3ccccc3OC2C1. The van der Waals surface area contributed by atoms with Gasteiger partial charge in [0.15, 0.2) is 0 Å². The Morgan fingerprint density at radius 1 is 0.368 bits per heavy atom.